The van der Waals surface area contributed by atoms with Gasteiger partial charge in [0.25, 0.3) is 11.4 Å². The first-order valence-electron chi connectivity index (χ1n) is 12.7. The largest absolute Gasteiger partial charge is 1.00 e. The summed E-state index contributed by atoms with van der Waals surface area (Å²) in [6.45, 7) is 11.2. The molecule has 0 unspecified atom stereocenters. The molecule has 2 atom stereocenters. The number of halogens is 1. The van der Waals surface area contributed by atoms with E-state index in [9.17, 15) is 30.4 Å². The summed E-state index contributed by atoms with van der Waals surface area (Å²) in [5.74, 6) is -0.0853. The number of benzene rings is 2. The third kappa shape index (κ3) is 8.46. The average Bonchev–Trinajstić information content (AvgIpc) is 2.81. The monoisotopic (exact) mass is 710 g/mol. The molecule has 40 heavy (non-hydrogen) atoms. The number of aliphatic imine (C=N–C) groups is 2. The van der Waals surface area contributed by atoms with Gasteiger partial charge in [0.05, 0.1) is 21.9 Å². The molecule has 1 aliphatic carbocycles. The maximum atomic E-state index is 11.5. The number of phenolic OH excluding ortho intramolecular Hbond substituents is 2. The molecule has 0 spiro atoms. The number of nitro groups is 2. The molecule has 0 heterocycles. The molecule has 0 saturated heterocycles. The SMILES string of the molecule is CC(C)(C)c1cc([N+](=O)[O-])cc(C=N[C@@H]2CCCC[C@H]2N=Cc2cc([N+](=O)[O-])cc(C(C)(C)C)c2O)c1O.[Co].[I-]. The van der Waals surface area contributed by atoms with Gasteiger partial charge in [-0.15, -0.1) is 0 Å². The van der Waals surface area contributed by atoms with Crippen molar-refractivity contribution in [2.45, 2.75) is 90.1 Å². The van der Waals surface area contributed by atoms with E-state index in [1.807, 2.05) is 41.5 Å². The van der Waals surface area contributed by atoms with Gasteiger partial charge in [0.2, 0.25) is 0 Å². The molecule has 2 aromatic carbocycles. The van der Waals surface area contributed by atoms with Crippen molar-refractivity contribution >= 4 is 23.8 Å². The first kappa shape index (κ1) is 35.4. The summed E-state index contributed by atoms with van der Waals surface area (Å²) in [6.07, 6.45) is 6.26. The van der Waals surface area contributed by atoms with Crippen LogP contribution in [-0.4, -0.2) is 44.6 Å². The van der Waals surface area contributed by atoms with Crippen LogP contribution in [0.2, 0.25) is 0 Å². The predicted octanol–water partition coefficient (Wildman–Crippen LogP) is 3.36. The van der Waals surface area contributed by atoms with Crippen molar-refractivity contribution in [3.05, 3.63) is 66.7 Å². The van der Waals surface area contributed by atoms with E-state index in [2.05, 4.69) is 9.98 Å². The molecule has 3 rings (SSSR count). The van der Waals surface area contributed by atoms with Crippen molar-refractivity contribution in [1.82, 2.24) is 0 Å². The Morgan fingerprint density at radius 2 is 1.07 bits per heavy atom. The number of aromatic hydroxyl groups is 2. The van der Waals surface area contributed by atoms with Crippen LogP contribution in [0.25, 0.3) is 0 Å². The van der Waals surface area contributed by atoms with E-state index in [0.717, 1.165) is 25.7 Å². The van der Waals surface area contributed by atoms with Gasteiger partial charge in [0, 0.05) is 75.7 Å². The van der Waals surface area contributed by atoms with Crippen LogP contribution < -0.4 is 24.0 Å². The third-order valence-corrected chi connectivity index (χ3v) is 6.79. The van der Waals surface area contributed by atoms with Gasteiger partial charge in [-0.3, -0.25) is 30.2 Å². The number of nitro benzene ring substituents is 2. The molecule has 221 valence electrons. The standard InChI is InChI=1S/C28H36N4O6.Co.HI/c1-27(2,3)21-13-19(31(35)36)11-17(25(21)33)15-29-23-9-7-8-10-24(23)30-16-18-12-20(32(37)38)14-22(26(18)34)28(4,5)6;;/h11-16,23-24,33-34H,7-10H2,1-6H3;;1H/p-1/t23-,24-;;/m1../s1. The van der Waals surface area contributed by atoms with E-state index < -0.39 is 20.7 Å². The van der Waals surface area contributed by atoms with Crippen LogP contribution in [0.5, 0.6) is 11.5 Å². The zero-order valence-corrected chi connectivity index (χ0v) is 26.7. The summed E-state index contributed by atoms with van der Waals surface area (Å²) in [5.41, 5.74) is 0.188. The van der Waals surface area contributed by atoms with Crippen molar-refractivity contribution in [3.8, 4) is 11.5 Å². The maximum Gasteiger partial charge on any atom is 0.270 e. The van der Waals surface area contributed by atoms with Crippen LogP contribution in [0.3, 0.4) is 0 Å². The van der Waals surface area contributed by atoms with Crippen LogP contribution in [0.15, 0.2) is 34.3 Å². The quantitative estimate of drug-likeness (QED) is 0.203. The van der Waals surface area contributed by atoms with E-state index in [4.69, 9.17) is 0 Å². The Kier molecular flexibility index (Phi) is 12.3. The summed E-state index contributed by atoms with van der Waals surface area (Å²) >= 11 is 0. The molecule has 0 bridgehead atoms. The molecule has 10 nitrogen and oxygen atoms in total. The number of phenols is 2. The van der Waals surface area contributed by atoms with Crippen molar-refractivity contribution in [1.29, 1.82) is 0 Å². The summed E-state index contributed by atoms with van der Waals surface area (Å²) in [4.78, 5) is 31.3. The summed E-state index contributed by atoms with van der Waals surface area (Å²) < 4.78 is 0. The van der Waals surface area contributed by atoms with Gasteiger partial charge in [0.15, 0.2) is 0 Å². The third-order valence-electron chi connectivity index (χ3n) is 6.79. The van der Waals surface area contributed by atoms with Gasteiger partial charge >= 0.3 is 0 Å². The molecular weight excluding hydrogens is 674 g/mol. The van der Waals surface area contributed by atoms with Crippen LogP contribution in [0.4, 0.5) is 11.4 Å². The summed E-state index contributed by atoms with van der Waals surface area (Å²) in [7, 11) is 0. The zero-order chi connectivity index (χ0) is 28.4. The minimum atomic E-state index is -0.511. The molecule has 1 radical (unpaired) electrons. The molecule has 12 heteroatoms. The number of hydrogen-bond acceptors (Lipinski definition) is 8. The topological polar surface area (TPSA) is 151 Å². The fourth-order valence-corrected chi connectivity index (χ4v) is 4.62. The smallest absolute Gasteiger partial charge is 0.270 e. The van der Waals surface area contributed by atoms with Gasteiger partial charge in [-0.2, -0.15) is 0 Å². The van der Waals surface area contributed by atoms with E-state index in [1.54, 1.807) is 0 Å². The first-order valence-corrected chi connectivity index (χ1v) is 12.7. The summed E-state index contributed by atoms with van der Waals surface area (Å²) in [5, 5.41) is 44.7. The van der Waals surface area contributed by atoms with Crippen molar-refractivity contribution in [2.24, 2.45) is 9.98 Å². The van der Waals surface area contributed by atoms with Gasteiger partial charge < -0.3 is 34.2 Å². The fourth-order valence-electron chi connectivity index (χ4n) is 4.62. The minimum Gasteiger partial charge on any atom is -1.00 e. The molecular formula is C28H36CoIN4O6-. The Bertz CT molecular complexity index is 1200. The van der Waals surface area contributed by atoms with Crippen molar-refractivity contribution in [2.75, 3.05) is 0 Å². The predicted molar refractivity (Wildman–Crippen MR) is 148 cm³/mol. The normalized spacial score (nSPS) is 17.9. The van der Waals surface area contributed by atoms with E-state index in [-0.39, 0.29) is 86.8 Å². The number of non-ortho nitro benzene ring substituents is 2. The van der Waals surface area contributed by atoms with Crippen molar-refractivity contribution in [3.63, 3.8) is 0 Å². The first-order chi connectivity index (χ1) is 17.6. The van der Waals surface area contributed by atoms with E-state index in [1.165, 1.54) is 36.7 Å². The Hall–Kier alpha value is -2.58. The Morgan fingerprint density at radius 1 is 0.750 bits per heavy atom. The molecule has 1 saturated carbocycles. The number of hydrogen-bond donors (Lipinski definition) is 2. The zero-order valence-electron chi connectivity index (χ0n) is 23.5. The Labute approximate surface area is 261 Å². The second-order valence-corrected chi connectivity index (χ2v) is 11.9. The molecule has 1 aliphatic rings. The van der Waals surface area contributed by atoms with Crippen molar-refractivity contribution < 1.29 is 60.8 Å². The molecule has 0 aliphatic heterocycles. The molecule has 1 fully saturated rings. The molecule has 0 amide bonds. The number of rotatable bonds is 6. The Balaban J connectivity index is 0.00000400. The van der Waals surface area contributed by atoms with Gasteiger partial charge in [-0.05, 0) is 23.7 Å². The average molecular weight is 710 g/mol. The minimum absolute atomic E-state index is 0. The van der Waals surface area contributed by atoms with Gasteiger partial charge in [-0.1, -0.05) is 54.4 Å². The second kappa shape index (κ2) is 13.9. The van der Waals surface area contributed by atoms with Crippen LogP contribution in [0.1, 0.15) is 89.5 Å². The van der Waals surface area contributed by atoms with E-state index >= 15 is 0 Å². The van der Waals surface area contributed by atoms with Gasteiger partial charge in [0.1, 0.15) is 11.5 Å². The Morgan fingerprint density at radius 3 is 1.35 bits per heavy atom. The fraction of sp³-hybridized carbons (Fsp3) is 0.500. The number of nitrogens with zero attached hydrogens (tertiary/aromatic N) is 4. The van der Waals surface area contributed by atoms with Crippen LogP contribution in [0, 0.1) is 20.2 Å². The van der Waals surface area contributed by atoms with Crippen LogP contribution in [-0.2, 0) is 27.6 Å². The summed E-state index contributed by atoms with van der Waals surface area (Å²) in [6, 6.07) is 4.89. The van der Waals surface area contributed by atoms with Crippen LogP contribution >= 0.6 is 0 Å². The van der Waals surface area contributed by atoms with E-state index in [0.29, 0.717) is 11.1 Å². The maximum absolute atomic E-state index is 11.5. The van der Waals surface area contributed by atoms with Gasteiger partial charge in [-0.25, -0.2) is 0 Å². The molecule has 0 aromatic heterocycles. The molecule has 2 aromatic rings. The second-order valence-electron chi connectivity index (χ2n) is 11.9. The molecule has 2 N–H and O–H groups in total.